The van der Waals surface area contributed by atoms with Crippen LogP contribution in [0.15, 0.2) is 24.3 Å². The van der Waals surface area contributed by atoms with Crippen LogP contribution < -0.4 is 11.1 Å². The zero-order valence-electron chi connectivity index (χ0n) is 11.1. The molecule has 1 amide bonds. The summed E-state index contributed by atoms with van der Waals surface area (Å²) in [5, 5.41) is 2.86. The van der Waals surface area contributed by atoms with E-state index in [1.807, 2.05) is 31.2 Å². The molecule has 1 aromatic carbocycles. The van der Waals surface area contributed by atoms with Gasteiger partial charge in [0, 0.05) is 13.7 Å². The molecule has 0 bridgehead atoms. The van der Waals surface area contributed by atoms with E-state index in [4.69, 9.17) is 10.5 Å². The maximum absolute atomic E-state index is 11.7. The molecule has 3 N–H and O–H groups in total. The summed E-state index contributed by atoms with van der Waals surface area (Å²) >= 11 is 0. The fourth-order valence-electron chi connectivity index (χ4n) is 1.78. The van der Waals surface area contributed by atoms with Gasteiger partial charge in [-0.25, -0.2) is 0 Å². The summed E-state index contributed by atoms with van der Waals surface area (Å²) in [6.07, 6.45) is 1.63. The van der Waals surface area contributed by atoms with Gasteiger partial charge in [-0.1, -0.05) is 37.6 Å². The van der Waals surface area contributed by atoms with Crippen molar-refractivity contribution in [2.75, 3.05) is 7.11 Å². The number of nitrogens with two attached hydrogens (primary N) is 1. The molecule has 0 radical (unpaired) electrons. The molecule has 1 rings (SSSR count). The van der Waals surface area contributed by atoms with Gasteiger partial charge in [-0.3, -0.25) is 4.79 Å². The van der Waals surface area contributed by atoms with E-state index >= 15 is 0 Å². The van der Waals surface area contributed by atoms with E-state index in [-0.39, 0.29) is 5.91 Å². The maximum atomic E-state index is 11.7. The van der Waals surface area contributed by atoms with E-state index in [0.717, 1.165) is 17.5 Å². The van der Waals surface area contributed by atoms with Gasteiger partial charge >= 0.3 is 0 Å². The van der Waals surface area contributed by atoms with Crippen molar-refractivity contribution in [3.8, 4) is 0 Å². The number of carbonyl (C=O) groups excluding carboxylic acids is 1. The van der Waals surface area contributed by atoms with Gasteiger partial charge in [0.25, 0.3) is 0 Å². The Labute approximate surface area is 109 Å². The number of ether oxygens (including phenoxy) is 1. The molecule has 100 valence electrons. The molecule has 0 unspecified atom stereocenters. The molecule has 0 fully saturated rings. The first-order valence-corrected chi connectivity index (χ1v) is 6.28. The number of amides is 1. The lowest BCUT2D eigenvalue weighted by Gasteiger charge is -2.13. The highest BCUT2D eigenvalue weighted by molar-refractivity contribution is 5.81. The third-order valence-corrected chi connectivity index (χ3v) is 2.81. The number of methoxy groups -OCH3 is 1. The standard InChI is InChI=1S/C14H22N2O2/c1-3-6-13(15)14(17)16-9-11-7-4-5-8-12(11)10-18-2/h4-5,7-8,13H,3,6,9-10,15H2,1-2H3,(H,16,17)/t13-/m0/s1. The van der Waals surface area contributed by atoms with Crippen molar-refractivity contribution in [2.24, 2.45) is 5.73 Å². The van der Waals surface area contributed by atoms with Crippen LogP contribution in [0.4, 0.5) is 0 Å². The zero-order valence-corrected chi connectivity index (χ0v) is 11.1. The molecule has 1 atom stereocenters. The van der Waals surface area contributed by atoms with Crippen molar-refractivity contribution in [1.82, 2.24) is 5.32 Å². The third-order valence-electron chi connectivity index (χ3n) is 2.81. The Morgan fingerprint density at radius 2 is 2.06 bits per heavy atom. The summed E-state index contributed by atoms with van der Waals surface area (Å²) in [6, 6.07) is 7.48. The molecular formula is C14H22N2O2. The molecule has 0 aromatic heterocycles. The lowest BCUT2D eigenvalue weighted by Crippen LogP contribution is -2.40. The molecule has 0 heterocycles. The van der Waals surface area contributed by atoms with E-state index in [9.17, 15) is 4.79 Å². The minimum absolute atomic E-state index is 0.0935. The fourth-order valence-corrected chi connectivity index (χ4v) is 1.78. The van der Waals surface area contributed by atoms with Crippen molar-refractivity contribution in [1.29, 1.82) is 0 Å². The Bertz CT molecular complexity index is 380. The predicted molar refractivity (Wildman–Crippen MR) is 71.9 cm³/mol. The summed E-state index contributed by atoms with van der Waals surface area (Å²) in [7, 11) is 1.66. The summed E-state index contributed by atoms with van der Waals surface area (Å²) < 4.78 is 5.12. The van der Waals surface area contributed by atoms with E-state index in [0.29, 0.717) is 19.6 Å². The van der Waals surface area contributed by atoms with Crippen molar-refractivity contribution in [3.05, 3.63) is 35.4 Å². The van der Waals surface area contributed by atoms with Crippen LogP contribution in [0.5, 0.6) is 0 Å². The van der Waals surface area contributed by atoms with Crippen LogP contribution >= 0.6 is 0 Å². The molecule has 0 aliphatic rings. The highest BCUT2D eigenvalue weighted by Gasteiger charge is 2.12. The van der Waals surface area contributed by atoms with Crippen LogP contribution in [0.2, 0.25) is 0 Å². The summed E-state index contributed by atoms with van der Waals surface area (Å²) in [5.74, 6) is -0.0935. The van der Waals surface area contributed by atoms with E-state index in [1.165, 1.54) is 0 Å². The average molecular weight is 250 g/mol. The number of nitrogens with one attached hydrogen (secondary N) is 1. The lowest BCUT2D eigenvalue weighted by atomic mass is 10.1. The number of hydrogen-bond acceptors (Lipinski definition) is 3. The van der Waals surface area contributed by atoms with Crippen LogP contribution in [0.3, 0.4) is 0 Å². The number of hydrogen-bond donors (Lipinski definition) is 2. The highest BCUT2D eigenvalue weighted by Crippen LogP contribution is 2.09. The number of carbonyl (C=O) groups is 1. The topological polar surface area (TPSA) is 64.4 Å². The first kappa shape index (κ1) is 14.7. The third kappa shape index (κ3) is 4.47. The Morgan fingerprint density at radius 3 is 2.67 bits per heavy atom. The minimum atomic E-state index is -0.412. The predicted octanol–water partition coefficient (Wildman–Crippen LogP) is 1.58. The van der Waals surface area contributed by atoms with Crippen molar-refractivity contribution >= 4 is 5.91 Å². The van der Waals surface area contributed by atoms with Crippen molar-refractivity contribution in [2.45, 2.75) is 39.0 Å². The molecule has 4 heteroatoms. The Kier molecular flexibility index (Phi) is 6.39. The maximum Gasteiger partial charge on any atom is 0.237 e. The second-order valence-electron chi connectivity index (χ2n) is 4.31. The molecular weight excluding hydrogens is 228 g/mol. The van der Waals surface area contributed by atoms with Crippen LogP contribution in [0, 0.1) is 0 Å². The molecule has 0 saturated heterocycles. The van der Waals surface area contributed by atoms with E-state index in [2.05, 4.69) is 5.32 Å². The summed E-state index contributed by atoms with van der Waals surface area (Å²) in [5.41, 5.74) is 7.91. The van der Waals surface area contributed by atoms with Gasteiger partial charge in [-0.05, 0) is 17.5 Å². The van der Waals surface area contributed by atoms with Gasteiger partial charge in [0.1, 0.15) is 0 Å². The highest BCUT2D eigenvalue weighted by atomic mass is 16.5. The molecule has 0 aliphatic carbocycles. The molecule has 4 nitrogen and oxygen atoms in total. The van der Waals surface area contributed by atoms with Crippen LogP contribution in [-0.2, 0) is 22.7 Å². The first-order valence-electron chi connectivity index (χ1n) is 6.28. The van der Waals surface area contributed by atoms with Gasteiger partial charge in [0.15, 0.2) is 0 Å². The van der Waals surface area contributed by atoms with Gasteiger partial charge in [0.05, 0.1) is 12.6 Å². The Balaban J connectivity index is 2.55. The summed E-state index contributed by atoms with van der Waals surface area (Å²) in [6.45, 7) is 3.06. The van der Waals surface area contributed by atoms with Crippen LogP contribution in [0.1, 0.15) is 30.9 Å². The van der Waals surface area contributed by atoms with E-state index in [1.54, 1.807) is 7.11 Å². The average Bonchev–Trinajstić information content (AvgIpc) is 2.38. The van der Waals surface area contributed by atoms with Gasteiger partial charge in [0.2, 0.25) is 5.91 Å². The quantitative estimate of drug-likeness (QED) is 0.772. The van der Waals surface area contributed by atoms with Gasteiger partial charge < -0.3 is 15.8 Å². The molecule has 0 saturated carbocycles. The second-order valence-corrected chi connectivity index (χ2v) is 4.31. The van der Waals surface area contributed by atoms with Gasteiger partial charge in [-0.2, -0.15) is 0 Å². The zero-order chi connectivity index (χ0) is 13.4. The van der Waals surface area contributed by atoms with Gasteiger partial charge in [-0.15, -0.1) is 0 Å². The molecule has 1 aromatic rings. The second kappa shape index (κ2) is 7.84. The van der Waals surface area contributed by atoms with E-state index < -0.39 is 6.04 Å². The lowest BCUT2D eigenvalue weighted by molar-refractivity contribution is -0.122. The molecule has 0 spiro atoms. The van der Waals surface area contributed by atoms with Crippen LogP contribution in [-0.4, -0.2) is 19.1 Å². The first-order chi connectivity index (χ1) is 8.69. The van der Waals surface area contributed by atoms with Crippen molar-refractivity contribution < 1.29 is 9.53 Å². The Hall–Kier alpha value is -1.39. The fraction of sp³-hybridized carbons (Fsp3) is 0.500. The SMILES string of the molecule is CCC[C@H](N)C(=O)NCc1ccccc1COC. The normalized spacial score (nSPS) is 12.2. The molecule has 18 heavy (non-hydrogen) atoms. The number of benzene rings is 1. The number of rotatable bonds is 7. The molecule has 0 aliphatic heterocycles. The van der Waals surface area contributed by atoms with Crippen LogP contribution in [0.25, 0.3) is 0 Å². The largest absolute Gasteiger partial charge is 0.380 e. The minimum Gasteiger partial charge on any atom is -0.380 e. The monoisotopic (exact) mass is 250 g/mol. The summed E-state index contributed by atoms with van der Waals surface area (Å²) in [4.78, 5) is 11.7. The van der Waals surface area contributed by atoms with Crippen molar-refractivity contribution in [3.63, 3.8) is 0 Å². The smallest absolute Gasteiger partial charge is 0.237 e. The Morgan fingerprint density at radius 1 is 1.39 bits per heavy atom.